The second-order valence-corrected chi connectivity index (χ2v) is 17.6. The summed E-state index contributed by atoms with van der Waals surface area (Å²) in [5, 5.41) is 28.3. The number of sulfonamides is 1. The quantitative estimate of drug-likeness (QED) is 0.0819. The number of amides is 1. The van der Waals surface area contributed by atoms with E-state index in [0.29, 0.717) is 11.3 Å². The Bertz CT molecular complexity index is 2060. The van der Waals surface area contributed by atoms with E-state index >= 15 is 0 Å². The molecule has 304 valence electrons. The summed E-state index contributed by atoms with van der Waals surface area (Å²) in [7, 11) is -4.12. The molecule has 0 bridgehead atoms. The number of nitrogens with zero attached hydrogens (tertiary/aromatic N) is 4. The van der Waals surface area contributed by atoms with Crippen LogP contribution in [-0.4, -0.2) is 80.7 Å². The first-order valence-corrected chi connectivity index (χ1v) is 21.2. The Kier molecular flexibility index (Phi) is 15.0. The molecule has 0 aliphatic heterocycles. The number of aliphatic hydroxyl groups is 1. The van der Waals surface area contributed by atoms with E-state index in [2.05, 4.69) is 15.8 Å². The van der Waals surface area contributed by atoms with Crippen LogP contribution in [0.25, 0.3) is 0 Å². The van der Waals surface area contributed by atoms with E-state index in [1.54, 1.807) is 31.4 Å². The van der Waals surface area contributed by atoms with Crippen molar-refractivity contribution in [2.24, 2.45) is 17.6 Å². The molecule has 6 N–H and O–H groups in total. The molecule has 0 spiro atoms. The second-order valence-electron chi connectivity index (χ2n) is 14.6. The Morgan fingerprint density at radius 2 is 1.79 bits per heavy atom. The molecule has 1 saturated carbocycles. The molecule has 1 fully saturated rings. The highest BCUT2D eigenvalue weighted by Crippen LogP contribution is 2.29. The van der Waals surface area contributed by atoms with Crippen LogP contribution in [0.4, 0.5) is 0 Å². The maximum Gasteiger partial charge on any atom is 0.332 e. The number of aromatic hydroxyl groups is 1. The lowest BCUT2D eigenvalue weighted by Gasteiger charge is -2.32. The molecule has 2 aromatic heterocycles. The number of aryl methyl sites for hydroxylation is 1. The maximum absolute atomic E-state index is 14.3. The third-order valence-electron chi connectivity index (χ3n) is 9.96. The molecule has 56 heavy (non-hydrogen) atoms. The predicted molar refractivity (Wildman–Crippen MR) is 212 cm³/mol. The van der Waals surface area contributed by atoms with E-state index in [-0.39, 0.29) is 62.3 Å². The standard InChI is InChI=1S/C39H53N7O8S2/c1-26(2)37(46-24-35(48)45(39(46)51)22-31-25-55-27(3)42-31)38(50)43-33(19-28-9-5-4-6-10-28)34(47)23-44(21-30-11-7-8-12-30)56(52,53)32-15-13-29(14-16-32)20-41-54-36(49)17-18-40/h4-6,9-10,13-16,24-26,30,33-34,37,41,47-48H,7-8,11-12,17-23,40H2,1-3H3,(H,43,50)/t33-,34+,37-/m0/s1. The van der Waals surface area contributed by atoms with Crippen molar-refractivity contribution in [3.63, 3.8) is 0 Å². The molecule has 1 aliphatic rings. The number of aromatic nitrogens is 3. The minimum Gasteiger partial charge on any atom is -0.493 e. The van der Waals surface area contributed by atoms with Gasteiger partial charge >= 0.3 is 11.7 Å². The number of benzene rings is 2. The molecule has 0 saturated heterocycles. The number of nitrogens with one attached hydrogen (secondary N) is 2. The summed E-state index contributed by atoms with van der Waals surface area (Å²) < 4.78 is 32.2. The van der Waals surface area contributed by atoms with Gasteiger partial charge in [-0.3, -0.25) is 18.7 Å². The van der Waals surface area contributed by atoms with E-state index in [1.807, 2.05) is 37.3 Å². The fourth-order valence-corrected chi connectivity index (χ4v) is 9.17. The summed E-state index contributed by atoms with van der Waals surface area (Å²) in [6.45, 7) is 5.64. The number of hydrogen-bond donors (Lipinski definition) is 5. The lowest BCUT2D eigenvalue weighted by molar-refractivity contribution is -0.151. The molecule has 0 radical (unpaired) electrons. The van der Waals surface area contributed by atoms with Crippen LogP contribution in [0.2, 0.25) is 0 Å². The SMILES string of the molecule is Cc1nc(Cn2c(O)cn([C@H](C(=O)N[C@@H](Cc3ccccc3)[C@H](O)CN(CC3CCCC3)S(=O)(=O)c3ccc(CNOC(=O)CCN)cc3)C(C)C)c2=O)cs1. The van der Waals surface area contributed by atoms with Gasteiger partial charge in [-0.15, -0.1) is 16.8 Å². The van der Waals surface area contributed by atoms with Gasteiger partial charge in [0.2, 0.25) is 21.8 Å². The number of nitrogens with two attached hydrogens (primary N) is 1. The second kappa shape index (κ2) is 19.7. The van der Waals surface area contributed by atoms with Crippen LogP contribution in [0.15, 0.2) is 75.9 Å². The van der Waals surface area contributed by atoms with E-state index in [0.717, 1.165) is 40.8 Å². The maximum atomic E-state index is 14.3. The molecule has 15 nitrogen and oxygen atoms in total. The molecule has 17 heteroatoms. The summed E-state index contributed by atoms with van der Waals surface area (Å²) in [6.07, 6.45) is 3.83. The van der Waals surface area contributed by atoms with Crippen LogP contribution in [0.5, 0.6) is 5.88 Å². The van der Waals surface area contributed by atoms with Crippen molar-refractivity contribution in [3.05, 3.63) is 98.5 Å². The number of aliphatic hydroxyl groups excluding tert-OH is 1. The van der Waals surface area contributed by atoms with E-state index < -0.39 is 51.7 Å². The highest BCUT2D eigenvalue weighted by Gasteiger charge is 2.35. The number of rotatable bonds is 20. The van der Waals surface area contributed by atoms with Crippen LogP contribution >= 0.6 is 11.3 Å². The van der Waals surface area contributed by atoms with Gasteiger partial charge in [0.15, 0.2) is 0 Å². The monoisotopic (exact) mass is 811 g/mol. The first kappa shape index (κ1) is 42.7. The van der Waals surface area contributed by atoms with Crippen molar-refractivity contribution in [1.82, 2.24) is 29.2 Å². The number of carbonyl (C=O) groups excluding carboxylic acids is 2. The van der Waals surface area contributed by atoms with Crippen LogP contribution in [-0.2, 0) is 44.0 Å². The van der Waals surface area contributed by atoms with E-state index in [1.165, 1.54) is 38.5 Å². The number of hydroxylamine groups is 1. The van der Waals surface area contributed by atoms with Gasteiger partial charge < -0.3 is 26.1 Å². The third-order valence-corrected chi connectivity index (χ3v) is 12.6. The lowest BCUT2D eigenvalue weighted by atomic mass is 9.98. The third kappa shape index (κ3) is 11.1. The zero-order valence-corrected chi connectivity index (χ0v) is 33.7. The van der Waals surface area contributed by atoms with Crippen molar-refractivity contribution in [1.29, 1.82) is 0 Å². The summed E-state index contributed by atoms with van der Waals surface area (Å²) in [5.74, 6) is -1.68. The molecule has 0 unspecified atom stereocenters. The summed E-state index contributed by atoms with van der Waals surface area (Å²) in [4.78, 5) is 48.9. The summed E-state index contributed by atoms with van der Waals surface area (Å²) in [6, 6.07) is 13.4. The first-order chi connectivity index (χ1) is 26.8. The van der Waals surface area contributed by atoms with Crippen molar-refractivity contribution in [2.45, 2.75) is 95.5 Å². The fraction of sp³-hybridized carbons (Fsp3) is 0.487. The van der Waals surface area contributed by atoms with Crippen LogP contribution in [0.1, 0.15) is 73.8 Å². The molecular weight excluding hydrogens is 759 g/mol. The Morgan fingerprint density at radius 3 is 2.41 bits per heavy atom. The number of imidazole rings is 1. The Labute approximate surface area is 331 Å². The molecule has 3 atom stereocenters. The van der Waals surface area contributed by atoms with E-state index in [9.17, 15) is 33.0 Å². The van der Waals surface area contributed by atoms with Gasteiger partial charge in [-0.25, -0.2) is 18.2 Å². The smallest absolute Gasteiger partial charge is 0.332 e. The molecular formula is C39H53N7O8S2. The largest absolute Gasteiger partial charge is 0.493 e. The Hall–Kier alpha value is -4.39. The van der Waals surface area contributed by atoms with Gasteiger partial charge in [0.1, 0.15) is 6.04 Å². The zero-order valence-electron chi connectivity index (χ0n) is 32.0. The average Bonchev–Trinajstić information content (AvgIpc) is 3.90. The van der Waals surface area contributed by atoms with Gasteiger partial charge in [-0.2, -0.15) is 4.31 Å². The van der Waals surface area contributed by atoms with Crippen molar-refractivity contribution >= 4 is 33.2 Å². The van der Waals surface area contributed by atoms with Crippen molar-refractivity contribution in [3.8, 4) is 5.88 Å². The van der Waals surface area contributed by atoms with E-state index in [4.69, 9.17) is 10.6 Å². The zero-order chi connectivity index (χ0) is 40.4. The minimum absolute atomic E-state index is 0.0271. The normalized spacial score (nSPS) is 15.3. The molecule has 4 aromatic rings. The van der Waals surface area contributed by atoms with Crippen LogP contribution in [0.3, 0.4) is 0 Å². The Morgan fingerprint density at radius 1 is 1.09 bits per heavy atom. The number of hydrogen-bond acceptors (Lipinski definition) is 12. The molecule has 5 rings (SSSR count). The highest BCUT2D eigenvalue weighted by atomic mass is 32.2. The topological polar surface area (TPSA) is 211 Å². The average molecular weight is 812 g/mol. The Balaban J connectivity index is 1.39. The van der Waals surface area contributed by atoms with Crippen LogP contribution in [0, 0.1) is 18.8 Å². The van der Waals surface area contributed by atoms with Gasteiger partial charge in [0.05, 0.1) is 53.5 Å². The molecule has 2 heterocycles. The molecule has 1 aliphatic carbocycles. The highest BCUT2D eigenvalue weighted by molar-refractivity contribution is 7.89. The minimum atomic E-state index is -4.12. The summed E-state index contributed by atoms with van der Waals surface area (Å²) in [5.41, 5.74) is 9.44. The van der Waals surface area contributed by atoms with Gasteiger partial charge in [0, 0.05) is 25.0 Å². The van der Waals surface area contributed by atoms with Crippen molar-refractivity contribution in [2.75, 3.05) is 19.6 Å². The first-order valence-electron chi connectivity index (χ1n) is 18.9. The van der Waals surface area contributed by atoms with Gasteiger partial charge in [-0.05, 0) is 61.3 Å². The van der Waals surface area contributed by atoms with Crippen LogP contribution < -0.4 is 22.2 Å². The fourth-order valence-electron chi connectivity index (χ4n) is 7.03. The summed E-state index contributed by atoms with van der Waals surface area (Å²) >= 11 is 1.42. The lowest BCUT2D eigenvalue weighted by Crippen LogP contribution is -2.53. The number of thiazole rings is 1. The molecule has 1 amide bonds. The van der Waals surface area contributed by atoms with Gasteiger partial charge in [-0.1, -0.05) is 69.2 Å². The van der Waals surface area contributed by atoms with Crippen molar-refractivity contribution < 1.29 is 33.1 Å². The van der Waals surface area contributed by atoms with Gasteiger partial charge in [0.25, 0.3) is 0 Å². The predicted octanol–water partition coefficient (Wildman–Crippen LogP) is 3.23. The number of carbonyl (C=O) groups is 2. The molecule has 2 aromatic carbocycles.